The quantitative estimate of drug-likeness (QED) is 0.782. The Labute approximate surface area is 104 Å². The zero-order chi connectivity index (χ0) is 12.3. The molecule has 2 rings (SSSR count). The van der Waals surface area contributed by atoms with Crippen molar-refractivity contribution in [2.45, 2.75) is 0 Å². The van der Waals surface area contributed by atoms with Crippen molar-refractivity contribution >= 4 is 17.9 Å². The molecule has 0 saturated carbocycles. The van der Waals surface area contributed by atoms with E-state index in [4.69, 9.17) is 16.3 Å². The van der Waals surface area contributed by atoms with E-state index in [9.17, 15) is 4.79 Å². The van der Waals surface area contributed by atoms with Crippen molar-refractivity contribution in [2.75, 3.05) is 7.11 Å². The molecule has 0 amide bonds. The number of carbonyl (C=O) groups is 1. The average Bonchev–Trinajstić information content (AvgIpc) is 2.38. The first-order valence-electron chi connectivity index (χ1n) is 5.01. The lowest BCUT2D eigenvalue weighted by Gasteiger charge is -2.09. The van der Waals surface area contributed by atoms with Crippen LogP contribution in [0.15, 0.2) is 36.5 Å². The SMILES string of the molecule is COc1nccc(-c2ccccc2Cl)c1C=O. The number of benzene rings is 1. The number of carbonyl (C=O) groups excluding carboxylic acids is 1. The van der Waals surface area contributed by atoms with Crippen molar-refractivity contribution < 1.29 is 9.53 Å². The highest BCUT2D eigenvalue weighted by Crippen LogP contribution is 2.32. The summed E-state index contributed by atoms with van der Waals surface area (Å²) in [5.41, 5.74) is 1.91. The van der Waals surface area contributed by atoms with Crippen LogP contribution < -0.4 is 4.74 Å². The lowest BCUT2D eigenvalue weighted by molar-refractivity contribution is 0.112. The number of methoxy groups -OCH3 is 1. The summed E-state index contributed by atoms with van der Waals surface area (Å²) in [5, 5.41) is 0.587. The molecule has 2 aromatic rings. The highest BCUT2D eigenvalue weighted by Gasteiger charge is 2.13. The van der Waals surface area contributed by atoms with Gasteiger partial charge in [-0.3, -0.25) is 4.79 Å². The van der Waals surface area contributed by atoms with Crippen LogP contribution in [0.4, 0.5) is 0 Å². The van der Waals surface area contributed by atoms with Gasteiger partial charge in [-0.25, -0.2) is 4.98 Å². The third-order valence-electron chi connectivity index (χ3n) is 2.43. The molecule has 17 heavy (non-hydrogen) atoms. The van der Waals surface area contributed by atoms with Crippen LogP contribution in [-0.4, -0.2) is 18.4 Å². The van der Waals surface area contributed by atoms with Gasteiger partial charge < -0.3 is 4.74 Å². The Bertz CT molecular complexity index is 555. The van der Waals surface area contributed by atoms with E-state index in [1.54, 1.807) is 18.3 Å². The number of nitrogens with zero attached hydrogens (tertiary/aromatic N) is 1. The molecule has 0 bridgehead atoms. The topological polar surface area (TPSA) is 39.2 Å². The molecule has 0 saturated heterocycles. The van der Waals surface area contributed by atoms with E-state index >= 15 is 0 Å². The van der Waals surface area contributed by atoms with Crippen LogP contribution in [0.5, 0.6) is 5.88 Å². The predicted octanol–water partition coefficient (Wildman–Crippen LogP) is 3.22. The Morgan fingerprint density at radius 3 is 2.65 bits per heavy atom. The van der Waals surface area contributed by atoms with Crippen molar-refractivity contribution in [2.24, 2.45) is 0 Å². The fraction of sp³-hybridized carbons (Fsp3) is 0.0769. The van der Waals surface area contributed by atoms with Crippen LogP contribution in [0, 0.1) is 0 Å². The van der Waals surface area contributed by atoms with Crippen LogP contribution in [0.25, 0.3) is 11.1 Å². The van der Waals surface area contributed by atoms with Gasteiger partial charge in [0.25, 0.3) is 0 Å². The molecule has 1 aromatic heterocycles. The van der Waals surface area contributed by atoms with E-state index in [0.717, 1.165) is 17.4 Å². The maximum atomic E-state index is 11.1. The molecule has 4 heteroatoms. The minimum absolute atomic E-state index is 0.303. The summed E-state index contributed by atoms with van der Waals surface area (Å²) >= 11 is 6.11. The first-order chi connectivity index (χ1) is 8.27. The van der Waals surface area contributed by atoms with Crippen molar-refractivity contribution in [3.63, 3.8) is 0 Å². The van der Waals surface area contributed by atoms with Crippen molar-refractivity contribution in [3.05, 3.63) is 47.1 Å². The second-order valence-electron chi connectivity index (χ2n) is 3.38. The fourth-order valence-corrected chi connectivity index (χ4v) is 1.88. The normalized spacial score (nSPS) is 10.0. The Kier molecular flexibility index (Phi) is 3.40. The Hall–Kier alpha value is -1.87. The largest absolute Gasteiger partial charge is 0.480 e. The summed E-state index contributed by atoms with van der Waals surface area (Å²) < 4.78 is 5.05. The number of ether oxygens (including phenoxy) is 1. The van der Waals surface area contributed by atoms with Gasteiger partial charge in [-0.05, 0) is 12.1 Å². The minimum Gasteiger partial charge on any atom is -0.480 e. The molecule has 0 N–H and O–H groups in total. The summed E-state index contributed by atoms with van der Waals surface area (Å²) in [6.07, 6.45) is 2.31. The smallest absolute Gasteiger partial charge is 0.224 e. The maximum absolute atomic E-state index is 11.1. The van der Waals surface area contributed by atoms with Gasteiger partial charge in [-0.15, -0.1) is 0 Å². The monoisotopic (exact) mass is 247 g/mol. The first-order valence-corrected chi connectivity index (χ1v) is 5.38. The van der Waals surface area contributed by atoms with Gasteiger partial charge >= 0.3 is 0 Å². The number of aromatic nitrogens is 1. The van der Waals surface area contributed by atoms with Gasteiger partial charge in [0.1, 0.15) is 0 Å². The number of pyridine rings is 1. The second-order valence-corrected chi connectivity index (χ2v) is 3.79. The van der Waals surface area contributed by atoms with Crippen molar-refractivity contribution in [3.8, 4) is 17.0 Å². The van der Waals surface area contributed by atoms with Crippen LogP contribution in [-0.2, 0) is 0 Å². The average molecular weight is 248 g/mol. The molecule has 0 aliphatic rings. The van der Waals surface area contributed by atoms with Crippen LogP contribution in [0.2, 0.25) is 5.02 Å². The van der Waals surface area contributed by atoms with Gasteiger partial charge in [-0.2, -0.15) is 0 Å². The van der Waals surface area contributed by atoms with Crippen LogP contribution in [0.3, 0.4) is 0 Å². The molecular formula is C13H10ClNO2. The summed E-state index contributed by atoms with van der Waals surface area (Å²) in [7, 11) is 1.48. The van der Waals surface area contributed by atoms with E-state index in [-0.39, 0.29) is 0 Å². The van der Waals surface area contributed by atoms with Crippen LogP contribution >= 0.6 is 11.6 Å². The van der Waals surface area contributed by atoms with E-state index in [2.05, 4.69) is 4.98 Å². The molecular weight excluding hydrogens is 238 g/mol. The van der Waals surface area contributed by atoms with Gasteiger partial charge in [0.15, 0.2) is 6.29 Å². The molecule has 0 spiro atoms. The molecule has 1 aromatic carbocycles. The molecule has 0 unspecified atom stereocenters. The molecule has 0 fully saturated rings. The zero-order valence-electron chi connectivity index (χ0n) is 9.18. The molecule has 0 atom stereocenters. The Morgan fingerprint density at radius 1 is 1.24 bits per heavy atom. The Balaban J connectivity index is 2.68. The molecule has 1 heterocycles. The highest BCUT2D eigenvalue weighted by atomic mass is 35.5. The molecule has 0 aliphatic heterocycles. The molecule has 0 aliphatic carbocycles. The summed E-state index contributed by atoms with van der Waals surface area (Å²) in [6.45, 7) is 0. The molecule has 86 valence electrons. The maximum Gasteiger partial charge on any atom is 0.224 e. The van der Waals surface area contributed by atoms with E-state index in [1.165, 1.54) is 7.11 Å². The highest BCUT2D eigenvalue weighted by molar-refractivity contribution is 6.33. The lowest BCUT2D eigenvalue weighted by Crippen LogP contribution is -1.96. The summed E-state index contributed by atoms with van der Waals surface area (Å²) in [5.74, 6) is 0.303. The number of aldehydes is 1. The zero-order valence-corrected chi connectivity index (χ0v) is 9.94. The summed E-state index contributed by atoms with van der Waals surface area (Å²) in [6, 6.07) is 9.07. The lowest BCUT2D eigenvalue weighted by atomic mass is 10.0. The first kappa shape index (κ1) is 11.6. The number of hydrogen-bond acceptors (Lipinski definition) is 3. The minimum atomic E-state index is 0.303. The number of halogens is 1. The van der Waals surface area contributed by atoms with Gasteiger partial charge in [-0.1, -0.05) is 29.8 Å². The van der Waals surface area contributed by atoms with Gasteiger partial charge in [0, 0.05) is 22.3 Å². The fourth-order valence-electron chi connectivity index (χ4n) is 1.65. The van der Waals surface area contributed by atoms with Crippen molar-refractivity contribution in [1.29, 1.82) is 0 Å². The van der Waals surface area contributed by atoms with Gasteiger partial charge in [0.2, 0.25) is 5.88 Å². The third-order valence-corrected chi connectivity index (χ3v) is 2.76. The van der Waals surface area contributed by atoms with Crippen molar-refractivity contribution in [1.82, 2.24) is 4.98 Å². The van der Waals surface area contributed by atoms with E-state index in [0.29, 0.717) is 16.5 Å². The van der Waals surface area contributed by atoms with E-state index < -0.39 is 0 Å². The molecule has 3 nitrogen and oxygen atoms in total. The third kappa shape index (κ3) is 2.15. The predicted molar refractivity (Wildman–Crippen MR) is 66.6 cm³/mol. The standard InChI is InChI=1S/C13H10ClNO2/c1-17-13-11(8-16)9(6-7-15-13)10-4-2-3-5-12(10)14/h2-8H,1H3. The second kappa shape index (κ2) is 4.97. The molecule has 0 radical (unpaired) electrons. The number of hydrogen-bond donors (Lipinski definition) is 0. The van der Waals surface area contributed by atoms with Crippen LogP contribution in [0.1, 0.15) is 10.4 Å². The Morgan fingerprint density at radius 2 is 2.00 bits per heavy atom. The summed E-state index contributed by atoms with van der Waals surface area (Å²) in [4.78, 5) is 15.1. The van der Waals surface area contributed by atoms with E-state index in [1.807, 2.05) is 18.2 Å². The number of rotatable bonds is 3. The van der Waals surface area contributed by atoms with Gasteiger partial charge in [0.05, 0.1) is 12.7 Å².